The molecule has 0 fully saturated rings. The maximum atomic E-state index is 12.7. The fourth-order valence-corrected chi connectivity index (χ4v) is 2.99. The molecule has 1 amide bonds. The number of hydrogen-bond donors (Lipinski definition) is 1. The van der Waals surface area contributed by atoms with Crippen molar-refractivity contribution < 1.29 is 23.6 Å². The summed E-state index contributed by atoms with van der Waals surface area (Å²) in [5, 5.41) is 6.63. The Hall–Kier alpha value is -3.61. The molecule has 27 heavy (non-hydrogen) atoms. The fraction of sp³-hybridized carbons (Fsp3) is 0.150. The molecule has 1 aromatic heterocycles. The minimum Gasteiger partial charge on any atom is -0.488 e. The number of hydrogen-bond acceptors (Lipinski definition) is 6. The van der Waals surface area contributed by atoms with E-state index in [0.717, 1.165) is 11.1 Å². The first-order chi connectivity index (χ1) is 13.1. The van der Waals surface area contributed by atoms with Gasteiger partial charge in [0.2, 0.25) is 0 Å². The van der Waals surface area contributed by atoms with E-state index in [-0.39, 0.29) is 17.9 Å². The normalized spacial score (nSPS) is 11.8. The van der Waals surface area contributed by atoms with Gasteiger partial charge in [0.25, 0.3) is 5.91 Å². The van der Waals surface area contributed by atoms with Gasteiger partial charge in [0.05, 0.1) is 29.5 Å². The van der Waals surface area contributed by atoms with E-state index in [0.29, 0.717) is 22.8 Å². The topological polar surface area (TPSA) is 90.7 Å². The zero-order chi connectivity index (χ0) is 19.0. The molecule has 0 saturated heterocycles. The lowest BCUT2D eigenvalue weighted by Crippen LogP contribution is -2.18. The number of benzene rings is 2. The molecule has 0 unspecified atom stereocenters. The van der Waals surface area contributed by atoms with E-state index >= 15 is 0 Å². The number of amides is 1. The standard InChI is InChI=1S/C20H16N2O5/c1-11-7-8-16-13(9-11)18-14(10-26-16)17(22-27-18)19(23)21-15-6-4-3-5-12(15)20(24)25-2/h3-9H,10H2,1-2H3,(H,21,23). The fourth-order valence-electron chi connectivity index (χ4n) is 2.99. The first kappa shape index (κ1) is 16.8. The number of methoxy groups -OCH3 is 1. The van der Waals surface area contributed by atoms with Crippen molar-refractivity contribution in [3.8, 4) is 17.1 Å². The molecular formula is C20H16N2O5. The minimum atomic E-state index is -0.541. The smallest absolute Gasteiger partial charge is 0.339 e. The maximum Gasteiger partial charge on any atom is 0.339 e. The number of carbonyl (C=O) groups excluding carboxylic acids is 2. The van der Waals surface area contributed by atoms with Crippen LogP contribution >= 0.6 is 0 Å². The molecule has 3 aromatic rings. The summed E-state index contributed by atoms with van der Waals surface area (Å²) in [4.78, 5) is 24.6. The van der Waals surface area contributed by atoms with Crippen molar-refractivity contribution in [2.24, 2.45) is 0 Å². The molecule has 0 bridgehead atoms. The van der Waals surface area contributed by atoms with Gasteiger partial charge in [-0.2, -0.15) is 0 Å². The van der Waals surface area contributed by atoms with Gasteiger partial charge in [-0.25, -0.2) is 4.79 Å². The number of nitrogens with one attached hydrogen (secondary N) is 1. The predicted molar refractivity (Wildman–Crippen MR) is 96.7 cm³/mol. The van der Waals surface area contributed by atoms with Gasteiger partial charge in [-0.05, 0) is 31.2 Å². The number of fused-ring (bicyclic) bond motifs is 3. The molecule has 136 valence electrons. The molecule has 2 aromatic carbocycles. The lowest BCUT2D eigenvalue weighted by atomic mass is 10.0. The molecule has 7 heteroatoms. The third-order valence-electron chi connectivity index (χ3n) is 4.34. The Kier molecular flexibility index (Phi) is 4.12. The van der Waals surface area contributed by atoms with E-state index < -0.39 is 11.9 Å². The Bertz CT molecular complexity index is 1050. The molecule has 1 aliphatic heterocycles. The number of rotatable bonds is 3. The van der Waals surface area contributed by atoms with E-state index in [1.807, 2.05) is 25.1 Å². The van der Waals surface area contributed by atoms with E-state index in [1.165, 1.54) is 7.11 Å². The van der Waals surface area contributed by atoms with Gasteiger partial charge >= 0.3 is 5.97 Å². The zero-order valence-electron chi connectivity index (χ0n) is 14.7. The van der Waals surface area contributed by atoms with Crippen molar-refractivity contribution in [2.75, 3.05) is 12.4 Å². The predicted octanol–water partition coefficient (Wildman–Crippen LogP) is 3.58. The molecule has 0 spiro atoms. The SMILES string of the molecule is COC(=O)c1ccccc1NC(=O)c1noc2c1COc1ccc(C)cc1-2. The van der Waals surface area contributed by atoms with Crippen LogP contribution in [-0.2, 0) is 11.3 Å². The second-order valence-electron chi connectivity index (χ2n) is 6.12. The Morgan fingerprint density at radius 2 is 2.00 bits per heavy atom. The molecule has 2 heterocycles. The van der Waals surface area contributed by atoms with Crippen LogP contribution in [0.25, 0.3) is 11.3 Å². The molecule has 7 nitrogen and oxygen atoms in total. The summed E-state index contributed by atoms with van der Waals surface area (Å²) in [5.74, 6) is 0.176. The molecular weight excluding hydrogens is 348 g/mol. The molecule has 4 rings (SSSR count). The van der Waals surface area contributed by atoms with Crippen LogP contribution in [0, 0.1) is 6.92 Å². The van der Waals surface area contributed by atoms with Crippen LogP contribution in [0.5, 0.6) is 5.75 Å². The summed E-state index contributed by atoms with van der Waals surface area (Å²) < 4.78 is 15.9. The van der Waals surface area contributed by atoms with Crippen molar-refractivity contribution in [1.29, 1.82) is 0 Å². The van der Waals surface area contributed by atoms with Crippen molar-refractivity contribution in [1.82, 2.24) is 5.16 Å². The summed E-state index contributed by atoms with van der Waals surface area (Å²) >= 11 is 0. The number of para-hydroxylation sites is 1. The highest BCUT2D eigenvalue weighted by molar-refractivity contribution is 6.08. The van der Waals surface area contributed by atoms with Crippen molar-refractivity contribution in [3.63, 3.8) is 0 Å². The van der Waals surface area contributed by atoms with Gasteiger partial charge < -0.3 is 19.3 Å². The summed E-state index contributed by atoms with van der Waals surface area (Å²) in [6.45, 7) is 2.14. The highest BCUT2D eigenvalue weighted by Gasteiger charge is 2.29. The number of anilines is 1. The third kappa shape index (κ3) is 2.93. The number of esters is 1. The Morgan fingerprint density at radius 1 is 1.19 bits per heavy atom. The first-order valence-corrected chi connectivity index (χ1v) is 8.29. The van der Waals surface area contributed by atoms with Crippen LogP contribution in [0.3, 0.4) is 0 Å². The Morgan fingerprint density at radius 3 is 2.81 bits per heavy atom. The average Bonchev–Trinajstić information content (AvgIpc) is 3.12. The van der Waals surface area contributed by atoms with Crippen molar-refractivity contribution in [2.45, 2.75) is 13.5 Å². The number of nitrogens with zero attached hydrogens (tertiary/aromatic N) is 1. The van der Waals surface area contributed by atoms with Crippen LogP contribution < -0.4 is 10.1 Å². The Labute approximate surface area is 154 Å². The van der Waals surface area contributed by atoms with Crippen molar-refractivity contribution >= 4 is 17.6 Å². The Balaban J connectivity index is 1.67. The number of aromatic nitrogens is 1. The largest absolute Gasteiger partial charge is 0.488 e. The molecule has 0 saturated carbocycles. The number of ether oxygens (including phenoxy) is 2. The van der Waals surface area contributed by atoms with E-state index in [9.17, 15) is 9.59 Å². The molecule has 1 N–H and O–H groups in total. The van der Waals surface area contributed by atoms with Crippen LogP contribution in [0.15, 0.2) is 47.0 Å². The molecule has 1 aliphatic rings. The van der Waals surface area contributed by atoms with Crippen molar-refractivity contribution in [3.05, 3.63) is 64.8 Å². The van der Waals surface area contributed by atoms with Crippen LogP contribution in [0.2, 0.25) is 0 Å². The zero-order valence-corrected chi connectivity index (χ0v) is 14.7. The molecule has 0 aliphatic carbocycles. The summed E-state index contributed by atoms with van der Waals surface area (Å²) in [6, 6.07) is 12.3. The number of carbonyl (C=O) groups is 2. The highest BCUT2D eigenvalue weighted by atomic mass is 16.5. The monoisotopic (exact) mass is 364 g/mol. The van der Waals surface area contributed by atoms with Crippen LogP contribution in [0.4, 0.5) is 5.69 Å². The summed E-state index contributed by atoms with van der Waals surface area (Å²) in [7, 11) is 1.28. The number of aryl methyl sites for hydroxylation is 1. The maximum absolute atomic E-state index is 12.7. The van der Waals surface area contributed by atoms with E-state index in [2.05, 4.69) is 10.5 Å². The van der Waals surface area contributed by atoms with Gasteiger partial charge in [-0.3, -0.25) is 4.79 Å². The van der Waals surface area contributed by atoms with Gasteiger partial charge in [0.15, 0.2) is 11.5 Å². The minimum absolute atomic E-state index is 0.122. The van der Waals surface area contributed by atoms with Gasteiger partial charge in [-0.1, -0.05) is 28.9 Å². The molecule has 0 radical (unpaired) electrons. The van der Waals surface area contributed by atoms with Crippen LogP contribution in [0.1, 0.15) is 32.0 Å². The quantitative estimate of drug-likeness (QED) is 0.715. The van der Waals surface area contributed by atoms with Gasteiger partial charge in [0.1, 0.15) is 12.4 Å². The second-order valence-corrected chi connectivity index (χ2v) is 6.12. The average molecular weight is 364 g/mol. The lowest BCUT2D eigenvalue weighted by molar-refractivity contribution is 0.0602. The van der Waals surface area contributed by atoms with E-state index in [4.69, 9.17) is 14.0 Å². The van der Waals surface area contributed by atoms with E-state index in [1.54, 1.807) is 24.3 Å². The summed E-state index contributed by atoms with van der Waals surface area (Å²) in [6.07, 6.45) is 0. The lowest BCUT2D eigenvalue weighted by Gasteiger charge is -2.16. The molecule has 0 atom stereocenters. The van der Waals surface area contributed by atoms with Crippen LogP contribution in [-0.4, -0.2) is 24.1 Å². The first-order valence-electron chi connectivity index (χ1n) is 8.29. The third-order valence-corrected chi connectivity index (χ3v) is 4.34. The van der Waals surface area contributed by atoms with Gasteiger partial charge in [-0.15, -0.1) is 0 Å². The second kappa shape index (κ2) is 6.60. The summed E-state index contributed by atoms with van der Waals surface area (Å²) in [5.41, 5.74) is 3.08. The highest BCUT2D eigenvalue weighted by Crippen LogP contribution is 2.39. The van der Waals surface area contributed by atoms with Gasteiger partial charge in [0, 0.05) is 0 Å².